The van der Waals surface area contributed by atoms with Crippen LogP contribution in [-0.4, -0.2) is 4.98 Å². The van der Waals surface area contributed by atoms with Crippen LogP contribution in [0, 0.1) is 0 Å². The summed E-state index contributed by atoms with van der Waals surface area (Å²) < 4.78 is 0. The lowest BCUT2D eigenvalue weighted by Crippen LogP contribution is -2.10. The van der Waals surface area contributed by atoms with Crippen LogP contribution in [-0.2, 0) is 0 Å². The first-order chi connectivity index (χ1) is 19.8. The molecule has 3 heteroatoms. The van der Waals surface area contributed by atoms with Crippen molar-refractivity contribution >= 4 is 39.2 Å². The fraction of sp³-hybridized carbons (Fsp3) is 0. The molecule has 0 saturated carbocycles. The molecule has 8 rings (SSSR count). The summed E-state index contributed by atoms with van der Waals surface area (Å²) in [6, 6.07) is 51.7. The Morgan fingerprint density at radius 1 is 0.475 bits per heavy atom. The number of nitrogens with zero attached hydrogens (tertiary/aromatic N) is 2. The van der Waals surface area contributed by atoms with E-state index in [9.17, 15) is 0 Å². The summed E-state index contributed by atoms with van der Waals surface area (Å²) in [6.45, 7) is 0. The molecular formula is C37H24N2S. The van der Waals surface area contributed by atoms with Crippen LogP contribution in [0.15, 0.2) is 146 Å². The third-order valence-corrected chi connectivity index (χ3v) is 8.79. The Balaban J connectivity index is 1.28. The topological polar surface area (TPSA) is 16.1 Å². The summed E-state index contributed by atoms with van der Waals surface area (Å²) in [6.07, 6.45) is 0. The number of benzene rings is 6. The first-order valence-corrected chi connectivity index (χ1v) is 14.3. The largest absolute Gasteiger partial charge is 0.310 e. The van der Waals surface area contributed by atoms with E-state index in [-0.39, 0.29) is 0 Å². The van der Waals surface area contributed by atoms with E-state index in [1.807, 2.05) is 0 Å². The van der Waals surface area contributed by atoms with Gasteiger partial charge in [-0.05, 0) is 41.5 Å². The van der Waals surface area contributed by atoms with E-state index in [2.05, 4.69) is 150 Å². The second-order valence-electron chi connectivity index (χ2n) is 10.0. The van der Waals surface area contributed by atoms with Crippen molar-refractivity contribution in [2.45, 2.75) is 0 Å². The summed E-state index contributed by atoms with van der Waals surface area (Å²) in [5.74, 6) is 0. The normalized spacial score (nSPS) is 11.5. The monoisotopic (exact) mass is 528 g/mol. The van der Waals surface area contributed by atoms with E-state index in [1.165, 1.54) is 43.5 Å². The standard InChI is InChI=1S/C37H24N2S/c1-4-11-25(12-5-1)26-19-21-29(22-20-26)39(28-15-8-3-9-16-28)33-24-23-32-34-30(33)17-10-18-31(34)35-36(32)40-37(38-35)27-13-6-2-7-14-27/h1-24H. The average Bonchev–Trinajstić information content (AvgIpc) is 3.60. The molecule has 6 aromatic carbocycles. The number of hydrogen-bond acceptors (Lipinski definition) is 3. The Bertz CT molecular complexity index is 1950. The molecule has 0 atom stereocenters. The van der Waals surface area contributed by atoms with Gasteiger partial charge in [-0.1, -0.05) is 115 Å². The molecule has 1 aliphatic carbocycles. The van der Waals surface area contributed by atoms with Gasteiger partial charge in [-0.25, -0.2) is 4.98 Å². The highest BCUT2D eigenvalue weighted by atomic mass is 32.1. The van der Waals surface area contributed by atoms with E-state index in [4.69, 9.17) is 4.98 Å². The Labute approximate surface area is 237 Å². The highest BCUT2D eigenvalue weighted by Gasteiger charge is 2.28. The van der Waals surface area contributed by atoms with Crippen molar-refractivity contribution in [2.24, 2.45) is 0 Å². The molecule has 188 valence electrons. The number of thiazole rings is 1. The van der Waals surface area contributed by atoms with Gasteiger partial charge in [-0.15, -0.1) is 11.3 Å². The molecule has 0 saturated heterocycles. The van der Waals surface area contributed by atoms with Crippen molar-refractivity contribution < 1.29 is 0 Å². The molecule has 1 heterocycles. The van der Waals surface area contributed by atoms with Crippen LogP contribution in [0.5, 0.6) is 0 Å². The SMILES string of the molecule is c1ccc(-c2ccc(N(c3ccccc3)c3ccc4c5c(cccc35)-c3nc(-c5ccccc5)sc3-4)cc2)cc1. The molecular weight excluding hydrogens is 504 g/mol. The van der Waals surface area contributed by atoms with Crippen molar-refractivity contribution in [3.05, 3.63) is 146 Å². The predicted molar refractivity (Wildman–Crippen MR) is 170 cm³/mol. The zero-order valence-electron chi connectivity index (χ0n) is 21.7. The van der Waals surface area contributed by atoms with Gasteiger partial charge in [0.05, 0.1) is 16.3 Å². The second-order valence-corrected chi connectivity index (χ2v) is 11.0. The predicted octanol–water partition coefficient (Wildman–Crippen LogP) is 10.7. The van der Waals surface area contributed by atoms with Gasteiger partial charge >= 0.3 is 0 Å². The van der Waals surface area contributed by atoms with Gasteiger partial charge in [0.1, 0.15) is 5.01 Å². The first-order valence-electron chi connectivity index (χ1n) is 13.5. The van der Waals surface area contributed by atoms with Crippen LogP contribution >= 0.6 is 11.3 Å². The van der Waals surface area contributed by atoms with Gasteiger partial charge < -0.3 is 4.90 Å². The van der Waals surface area contributed by atoms with E-state index in [0.29, 0.717) is 0 Å². The molecule has 7 aromatic rings. The van der Waals surface area contributed by atoms with Crippen LogP contribution in [0.2, 0.25) is 0 Å². The molecule has 0 bridgehead atoms. The minimum Gasteiger partial charge on any atom is -0.310 e. The van der Waals surface area contributed by atoms with Crippen LogP contribution in [0.1, 0.15) is 0 Å². The van der Waals surface area contributed by atoms with Gasteiger partial charge in [0.2, 0.25) is 0 Å². The number of fused-ring (bicyclic) bond motifs is 3. The zero-order valence-corrected chi connectivity index (χ0v) is 22.5. The quantitative estimate of drug-likeness (QED) is 0.221. The molecule has 0 aliphatic heterocycles. The lowest BCUT2D eigenvalue weighted by Gasteiger charge is -2.27. The molecule has 0 unspecified atom stereocenters. The van der Waals surface area contributed by atoms with Gasteiger partial charge in [0.15, 0.2) is 0 Å². The first kappa shape index (κ1) is 22.9. The summed E-state index contributed by atoms with van der Waals surface area (Å²) in [5, 5.41) is 3.59. The lowest BCUT2D eigenvalue weighted by molar-refractivity contribution is 1.30. The molecule has 0 fully saturated rings. The molecule has 0 radical (unpaired) electrons. The number of para-hydroxylation sites is 1. The maximum Gasteiger partial charge on any atom is 0.124 e. The molecule has 1 aliphatic rings. The molecule has 1 aromatic heterocycles. The smallest absolute Gasteiger partial charge is 0.124 e. The van der Waals surface area contributed by atoms with E-state index in [1.54, 1.807) is 11.3 Å². The lowest BCUT2D eigenvalue weighted by atomic mass is 10.0. The highest BCUT2D eigenvalue weighted by Crippen LogP contribution is 2.53. The van der Waals surface area contributed by atoms with Crippen molar-refractivity contribution in [3.63, 3.8) is 0 Å². The maximum atomic E-state index is 5.14. The zero-order chi connectivity index (χ0) is 26.5. The number of rotatable bonds is 5. The van der Waals surface area contributed by atoms with Crippen LogP contribution < -0.4 is 4.90 Å². The van der Waals surface area contributed by atoms with Crippen molar-refractivity contribution in [1.29, 1.82) is 0 Å². The average molecular weight is 529 g/mol. The maximum absolute atomic E-state index is 5.14. The number of aromatic nitrogens is 1. The van der Waals surface area contributed by atoms with Gasteiger partial charge in [-0.3, -0.25) is 0 Å². The Morgan fingerprint density at radius 3 is 1.82 bits per heavy atom. The van der Waals surface area contributed by atoms with E-state index < -0.39 is 0 Å². The molecule has 0 amide bonds. The van der Waals surface area contributed by atoms with Gasteiger partial charge in [0, 0.05) is 38.8 Å². The third kappa shape index (κ3) is 3.67. The van der Waals surface area contributed by atoms with Crippen LogP contribution in [0.3, 0.4) is 0 Å². The Kier molecular flexibility index (Phi) is 5.35. The second kappa shape index (κ2) is 9.33. The van der Waals surface area contributed by atoms with Crippen LogP contribution in [0.4, 0.5) is 17.1 Å². The third-order valence-electron chi connectivity index (χ3n) is 7.65. The van der Waals surface area contributed by atoms with Gasteiger partial charge in [-0.2, -0.15) is 0 Å². The molecule has 0 N–H and O–H groups in total. The van der Waals surface area contributed by atoms with Crippen molar-refractivity contribution in [3.8, 4) is 43.4 Å². The summed E-state index contributed by atoms with van der Waals surface area (Å²) in [4.78, 5) is 8.76. The minimum atomic E-state index is 1.07. The Hall–Kier alpha value is -4.99. The molecule has 0 spiro atoms. The minimum absolute atomic E-state index is 1.07. The van der Waals surface area contributed by atoms with E-state index in [0.717, 1.165) is 27.8 Å². The summed E-state index contributed by atoms with van der Waals surface area (Å²) in [7, 11) is 0. The van der Waals surface area contributed by atoms with Crippen LogP contribution in [0.25, 0.3) is 54.2 Å². The van der Waals surface area contributed by atoms with Crippen molar-refractivity contribution in [1.82, 2.24) is 4.98 Å². The molecule has 40 heavy (non-hydrogen) atoms. The fourth-order valence-corrected chi connectivity index (χ4v) is 6.92. The Morgan fingerprint density at radius 2 is 1.10 bits per heavy atom. The summed E-state index contributed by atoms with van der Waals surface area (Å²) >= 11 is 1.79. The summed E-state index contributed by atoms with van der Waals surface area (Å²) in [5.41, 5.74) is 10.6. The highest BCUT2D eigenvalue weighted by molar-refractivity contribution is 7.19. The fourth-order valence-electron chi connectivity index (χ4n) is 5.80. The number of hydrogen-bond donors (Lipinski definition) is 0. The molecule has 2 nitrogen and oxygen atoms in total. The van der Waals surface area contributed by atoms with E-state index >= 15 is 0 Å². The van der Waals surface area contributed by atoms with Crippen molar-refractivity contribution in [2.75, 3.05) is 4.90 Å². The number of anilines is 3. The van der Waals surface area contributed by atoms with Gasteiger partial charge in [0.25, 0.3) is 0 Å².